The molecule has 0 aliphatic heterocycles. The number of rotatable bonds is 26. The minimum Gasteiger partial charge on any atom is -0.497 e. The highest BCUT2D eigenvalue weighted by Gasteiger charge is 2.30. The summed E-state index contributed by atoms with van der Waals surface area (Å²) in [6.07, 6.45) is 1.59. The van der Waals surface area contributed by atoms with Crippen molar-refractivity contribution in [3.8, 4) is 34.4 Å². The topological polar surface area (TPSA) is 198 Å². The number of hydrogen-bond acceptors (Lipinski definition) is 12. The molecule has 0 saturated carbocycles. The van der Waals surface area contributed by atoms with Gasteiger partial charge in [-0.3, -0.25) is 43.0 Å². The molecule has 442 valence electrons. The maximum Gasteiger partial charge on any atom is 0.295 e. The van der Waals surface area contributed by atoms with Gasteiger partial charge in [-0.15, -0.1) is 0 Å². The molecule has 0 aliphatic carbocycles. The molecule has 2 aromatic heterocycles. The number of methoxy groups -OCH3 is 4. The number of carbonyl (C=O) groups excluding carboxylic acids is 4. The Kier molecular flexibility index (Phi) is 22.4. The summed E-state index contributed by atoms with van der Waals surface area (Å²) in [6, 6.07) is 34.1. The Morgan fingerprint density at radius 1 is 0.554 bits per heavy atom. The number of nitrogens with one attached hydrogen (secondary N) is 3. The molecule has 0 unspecified atom stereocenters. The smallest absolute Gasteiger partial charge is 0.295 e. The molecule has 5 aromatic carbocycles. The largest absolute Gasteiger partial charge is 0.497 e. The zero-order valence-electron chi connectivity index (χ0n) is 49.4. The lowest BCUT2D eigenvalue weighted by Crippen LogP contribution is -2.27. The zero-order valence-corrected chi connectivity index (χ0v) is 50.9. The summed E-state index contributed by atoms with van der Waals surface area (Å²) in [5.41, 5.74) is 3.27. The summed E-state index contributed by atoms with van der Waals surface area (Å²) in [4.78, 5) is 81.7. The number of ketones is 2. The van der Waals surface area contributed by atoms with Gasteiger partial charge < -0.3 is 34.9 Å². The highest BCUT2D eigenvalue weighted by atomic mass is 35.5. The number of nitrogens with zero attached hydrogens (tertiary/aromatic N) is 5. The minimum atomic E-state index is -0.541. The Morgan fingerprint density at radius 3 is 1.41 bits per heavy atom. The van der Waals surface area contributed by atoms with Crippen LogP contribution in [0.3, 0.4) is 0 Å². The van der Waals surface area contributed by atoms with Crippen LogP contribution < -0.4 is 46.0 Å². The number of anilines is 2. The summed E-state index contributed by atoms with van der Waals surface area (Å²) in [5, 5.41) is 9.74. The predicted octanol–water partition coefficient (Wildman–Crippen LogP) is 11.1. The molecule has 3 N–H and O–H groups in total. The normalized spacial score (nSPS) is 11.4. The van der Waals surface area contributed by atoms with Crippen LogP contribution in [0.4, 0.5) is 11.4 Å². The SMILES string of the molecule is CNCc1c(NC(=O)CC(C)(C)CCC(=O)c2cc(Cl)ccc2OC)c(=O)n(-c2ccccc2)n1C.COc1ccc(CN(C)Cc2c(NC(=O)CC(C)(C)CCC(=O)c3cc(Cl)ccc3OC)c(=O)n(-c3ccccc3)n2C)c(OC)c1. The molecule has 0 saturated heterocycles. The maximum absolute atomic E-state index is 13.9. The van der Waals surface area contributed by atoms with Crippen molar-refractivity contribution >= 4 is 58.0 Å². The van der Waals surface area contributed by atoms with E-state index >= 15 is 0 Å². The maximum atomic E-state index is 13.9. The van der Waals surface area contributed by atoms with Crippen molar-refractivity contribution in [2.24, 2.45) is 24.9 Å². The number of Topliss-reactive ketones (excluding diaryl/α,β-unsaturated/α-hetero) is 2. The quantitative estimate of drug-likeness (QED) is 0.0434. The Balaban J connectivity index is 0.000000276. The van der Waals surface area contributed by atoms with Gasteiger partial charge in [0.1, 0.15) is 34.4 Å². The van der Waals surface area contributed by atoms with Crippen molar-refractivity contribution in [2.75, 3.05) is 53.2 Å². The van der Waals surface area contributed by atoms with Crippen LogP contribution in [0.1, 0.15) is 104 Å². The van der Waals surface area contributed by atoms with Crippen molar-refractivity contribution in [3.05, 3.63) is 174 Å². The van der Waals surface area contributed by atoms with E-state index in [-0.39, 0.29) is 71.6 Å². The third kappa shape index (κ3) is 16.7. The Hall–Kier alpha value is -7.90. The Bertz CT molecular complexity index is 3530. The fourth-order valence-corrected chi connectivity index (χ4v) is 10.1. The molecule has 0 fully saturated rings. The third-order valence-electron chi connectivity index (χ3n) is 14.3. The number of hydrogen-bond donors (Lipinski definition) is 3. The molecule has 2 heterocycles. The van der Waals surface area contributed by atoms with Crippen molar-refractivity contribution in [3.63, 3.8) is 0 Å². The van der Waals surface area contributed by atoms with Gasteiger partial charge in [-0.1, -0.05) is 93.4 Å². The second kappa shape index (κ2) is 28.9. The van der Waals surface area contributed by atoms with Crippen molar-refractivity contribution in [2.45, 2.75) is 85.9 Å². The van der Waals surface area contributed by atoms with E-state index in [9.17, 15) is 28.8 Å². The molecule has 2 amide bonds. The van der Waals surface area contributed by atoms with Crippen LogP contribution in [0.25, 0.3) is 11.4 Å². The van der Waals surface area contributed by atoms with Crippen LogP contribution >= 0.6 is 23.2 Å². The number of halogens is 2. The van der Waals surface area contributed by atoms with Crippen molar-refractivity contribution in [1.82, 2.24) is 28.9 Å². The highest BCUT2D eigenvalue weighted by Crippen LogP contribution is 2.34. The highest BCUT2D eigenvalue weighted by molar-refractivity contribution is 6.31. The van der Waals surface area contributed by atoms with E-state index in [1.165, 1.54) is 18.9 Å². The number of carbonyl (C=O) groups is 4. The first kappa shape index (κ1) is 64.3. The average Bonchev–Trinajstić information content (AvgIpc) is 2.88. The molecule has 0 bridgehead atoms. The van der Waals surface area contributed by atoms with Gasteiger partial charge in [-0.2, -0.15) is 0 Å². The Labute approximate surface area is 495 Å². The molecule has 0 aliphatic rings. The van der Waals surface area contributed by atoms with Gasteiger partial charge in [0, 0.05) is 81.1 Å². The number of benzene rings is 5. The molecule has 83 heavy (non-hydrogen) atoms. The van der Waals surface area contributed by atoms with Gasteiger partial charge in [0.05, 0.1) is 62.3 Å². The van der Waals surface area contributed by atoms with E-state index in [1.807, 2.05) is 119 Å². The van der Waals surface area contributed by atoms with E-state index in [0.29, 0.717) is 99.4 Å². The van der Waals surface area contributed by atoms with Crippen molar-refractivity contribution < 1.29 is 38.1 Å². The number of para-hydroxylation sites is 2. The van der Waals surface area contributed by atoms with Crippen LogP contribution in [0.15, 0.2) is 125 Å². The average molecular weight is 1180 g/mol. The van der Waals surface area contributed by atoms with Crippen LogP contribution in [0.5, 0.6) is 23.0 Å². The van der Waals surface area contributed by atoms with Crippen LogP contribution in [0.2, 0.25) is 10.0 Å². The predicted molar refractivity (Wildman–Crippen MR) is 327 cm³/mol. The van der Waals surface area contributed by atoms with E-state index in [0.717, 1.165) is 5.56 Å². The van der Waals surface area contributed by atoms with Crippen molar-refractivity contribution in [1.29, 1.82) is 0 Å². The first-order valence-corrected chi connectivity index (χ1v) is 27.8. The lowest BCUT2D eigenvalue weighted by Gasteiger charge is -2.24. The van der Waals surface area contributed by atoms with E-state index in [2.05, 4.69) is 16.0 Å². The molecule has 0 radical (unpaired) electrons. The van der Waals surface area contributed by atoms with Gasteiger partial charge in [-0.05, 0) is 104 Å². The Morgan fingerprint density at radius 2 is 0.988 bits per heavy atom. The molecule has 7 rings (SSSR count). The first-order valence-electron chi connectivity index (χ1n) is 27.0. The van der Waals surface area contributed by atoms with Gasteiger partial charge in [0.2, 0.25) is 11.8 Å². The van der Waals surface area contributed by atoms with E-state index in [1.54, 1.807) is 85.8 Å². The summed E-state index contributed by atoms with van der Waals surface area (Å²) in [5.74, 6) is 1.48. The minimum absolute atomic E-state index is 0.102. The molecule has 20 heteroatoms. The lowest BCUT2D eigenvalue weighted by molar-refractivity contribution is -0.119. The third-order valence-corrected chi connectivity index (χ3v) is 14.7. The van der Waals surface area contributed by atoms with Gasteiger partial charge in [0.25, 0.3) is 11.1 Å². The zero-order chi connectivity index (χ0) is 60.8. The summed E-state index contributed by atoms with van der Waals surface area (Å²) < 4.78 is 28.1. The van der Waals surface area contributed by atoms with Crippen LogP contribution in [0, 0.1) is 10.8 Å². The van der Waals surface area contributed by atoms with Gasteiger partial charge >= 0.3 is 0 Å². The summed E-state index contributed by atoms with van der Waals surface area (Å²) >= 11 is 12.2. The van der Waals surface area contributed by atoms with E-state index < -0.39 is 10.8 Å². The standard InChI is InChI=1S/C36H43ClN4O6.C27H33ClN4O4/c1-36(2,18-17-30(42)28-19-25(37)14-16-31(28)46-6)21-33(43)38-34-29(40(4)41(35(34)44)26-11-9-8-10-12-26)23-39(3)22-24-13-15-27(45-5)20-32(24)47-7;1-27(2,14-13-22(33)20-15-18(28)11-12-23(20)36-5)16-24(34)30-25-21(17-29-3)31(4)32(26(25)35)19-9-7-6-8-10-19/h8-16,19-20H,17-18,21-23H2,1-7H3,(H,38,43);6-12,15,29H,13-14,16-17H2,1-5H3,(H,30,34). The molecule has 0 spiro atoms. The number of ether oxygens (including phenoxy) is 4. The molecule has 18 nitrogen and oxygen atoms in total. The molecular formula is C63H76Cl2N8O10. The second-order valence-corrected chi connectivity index (χ2v) is 22.7. The summed E-state index contributed by atoms with van der Waals surface area (Å²) in [7, 11) is 13.5. The van der Waals surface area contributed by atoms with Gasteiger partial charge in [0.15, 0.2) is 11.6 Å². The fraction of sp³-hybridized carbons (Fsp3) is 0.365. The van der Waals surface area contributed by atoms with Gasteiger partial charge in [-0.25, -0.2) is 9.36 Å². The second-order valence-electron chi connectivity index (χ2n) is 21.8. The summed E-state index contributed by atoms with van der Waals surface area (Å²) in [6.45, 7) is 8.99. The monoisotopic (exact) mass is 1170 g/mol. The fourth-order valence-electron chi connectivity index (χ4n) is 9.79. The number of amides is 2. The van der Waals surface area contributed by atoms with Crippen LogP contribution in [-0.4, -0.2) is 89.5 Å². The molecule has 0 atom stereocenters. The van der Waals surface area contributed by atoms with Crippen LogP contribution in [-0.2, 0) is 43.3 Å². The lowest BCUT2D eigenvalue weighted by atomic mass is 9.82. The number of aromatic nitrogens is 4. The van der Waals surface area contributed by atoms with E-state index in [4.69, 9.17) is 42.1 Å². The molecular weight excluding hydrogens is 1100 g/mol. The molecule has 7 aromatic rings. The first-order chi connectivity index (χ1) is 39.4.